The Morgan fingerprint density at radius 3 is 2.70 bits per heavy atom. The van der Waals surface area contributed by atoms with Crippen molar-refractivity contribution >= 4 is 0 Å². The van der Waals surface area contributed by atoms with Crippen molar-refractivity contribution in [2.24, 2.45) is 0 Å². The Bertz CT molecular complexity index is 48.8. The van der Waals surface area contributed by atoms with Crippen LogP contribution in [0.15, 0.2) is 0 Å². The molecule has 0 atom stereocenters. The second kappa shape index (κ2) is 8.88. The van der Waals surface area contributed by atoms with Gasteiger partial charge in [-0.2, -0.15) is 0 Å². The Kier molecular flexibility index (Phi) is 8.77. The highest BCUT2D eigenvalue weighted by Gasteiger charge is 1.86. The van der Waals surface area contributed by atoms with Crippen LogP contribution in [0.5, 0.6) is 0 Å². The van der Waals surface area contributed by atoms with E-state index in [0.29, 0.717) is 6.79 Å². The molecule has 61 valence electrons. The van der Waals surface area contributed by atoms with Crippen molar-refractivity contribution in [1.29, 1.82) is 0 Å². The second-order valence-electron chi connectivity index (χ2n) is 1.85. The summed E-state index contributed by atoms with van der Waals surface area (Å²) in [6.07, 6.45) is 2.07. The largest absolute Gasteiger partial charge is 0.359 e. The lowest BCUT2D eigenvalue weighted by Gasteiger charge is -2.02. The van der Waals surface area contributed by atoms with Crippen LogP contribution in [0, 0.1) is 6.61 Å². The van der Waals surface area contributed by atoms with E-state index in [0.717, 1.165) is 12.8 Å². The molecule has 0 bridgehead atoms. The Labute approximate surface area is 62.3 Å². The third-order valence-electron chi connectivity index (χ3n) is 0.877. The molecule has 0 aliphatic heterocycles. The molecular formula is C7H15O3. The van der Waals surface area contributed by atoms with Crippen molar-refractivity contribution < 1.29 is 14.2 Å². The van der Waals surface area contributed by atoms with Crippen LogP contribution in [0.4, 0.5) is 0 Å². The molecule has 0 aromatic rings. The van der Waals surface area contributed by atoms with Crippen molar-refractivity contribution in [3.05, 3.63) is 6.61 Å². The van der Waals surface area contributed by atoms with Crippen LogP contribution < -0.4 is 0 Å². The van der Waals surface area contributed by atoms with E-state index in [2.05, 4.69) is 11.7 Å². The highest BCUT2D eigenvalue weighted by atomic mass is 16.7. The summed E-state index contributed by atoms with van der Waals surface area (Å²) in [7, 11) is 1.58. The van der Waals surface area contributed by atoms with Gasteiger partial charge in [0.05, 0.1) is 6.61 Å². The zero-order chi connectivity index (χ0) is 7.66. The van der Waals surface area contributed by atoms with Gasteiger partial charge in [-0.15, -0.1) is 0 Å². The average molecular weight is 147 g/mol. The van der Waals surface area contributed by atoms with Crippen LogP contribution in [0.25, 0.3) is 0 Å². The van der Waals surface area contributed by atoms with Crippen molar-refractivity contribution in [3.63, 3.8) is 0 Å². The lowest BCUT2D eigenvalue weighted by atomic mass is 10.4. The summed E-state index contributed by atoms with van der Waals surface area (Å²) in [6, 6.07) is 0. The van der Waals surface area contributed by atoms with Gasteiger partial charge < -0.3 is 14.2 Å². The minimum atomic E-state index is 0.286. The summed E-state index contributed by atoms with van der Waals surface area (Å²) in [5.74, 6) is 0. The van der Waals surface area contributed by atoms with Crippen molar-refractivity contribution in [2.45, 2.75) is 19.8 Å². The highest BCUT2D eigenvalue weighted by Crippen LogP contribution is 1.93. The molecule has 0 unspecified atom stereocenters. The fourth-order valence-electron chi connectivity index (χ4n) is 0.415. The molecule has 0 heterocycles. The maximum absolute atomic E-state index is 4.95. The molecule has 0 aliphatic carbocycles. The van der Waals surface area contributed by atoms with Gasteiger partial charge in [-0.05, 0) is 6.42 Å². The van der Waals surface area contributed by atoms with Crippen LogP contribution in [0.3, 0.4) is 0 Å². The normalized spacial score (nSPS) is 10.2. The number of hydrogen-bond donors (Lipinski definition) is 0. The molecule has 0 rings (SSSR count). The smallest absolute Gasteiger partial charge is 0.150 e. The molecule has 0 N–H and O–H groups in total. The highest BCUT2D eigenvalue weighted by molar-refractivity contribution is 4.44. The van der Waals surface area contributed by atoms with Gasteiger partial charge in [-0.3, -0.25) is 0 Å². The quantitative estimate of drug-likeness (QED) is 0.404. The van der Waals surface area contributed by atoms with Crippen LogP contribution in [0.1, 0.15) is 19.8 Å². The number of unbranched alkanes of at least 4 members (excludes halogenated alkanes) is 1. The molecule has 0 saturated heterocycles. The molecule has 0 spiro atoms. The zero-order valence-electron chi connectivity index (χ0n) is 6.63. The number of hydrogen-bond acceptors (Lipinski definition) is 3. The van der Waals surface area contributed by atoms with Gasteiger partial charge in [0.15, 0.2) is 0 Å². The molecule has 3 heteroatoms. The molecule has 1 radical (unpaired) electrons. The Morgan fingerprint density at radius 1 is 1.30 bits per heavy atom. The molecule has 0 amide bonds. The number of ether oxygens (including phenoxy) is 3. The van der Waals surface area contributed by atoms with E-state index in [9.17, 15) is 0 Å². The lowest BCUT2D eigenvalue weighted by Crippen LogP contribution is -2.00. The first-order chi connectivity index (χ1) is 4.91. The summed E-state index contributed by atoms with van der Waals surface area (Å²) in [5, 5.41) is 0. The van der Waals surface area contributed by atoms with Gasteiger partial charge in [0.25, 0.3) is 0 Å². The Morgan fingerprint density at radius 2 is 2.10 bits per heavy atom. The minimum absolute atomic E-state index is 0.286. The van der Waals surface area contributed by atoms with E-state index in [1.165, 1.54) is 0 Å². The van der Waals surface area contributed by atoms with Crippen LogP contribution in [-0.2, 0) is 14.2 Å². The first kappa shape index (κ1) is 9.88. The predicted molar refractivity (Wildman–Crippen MR) is 38.1 cm³/mol. The number of methoxy groups -OCH3 is 1. The summed E-state index contributed by atoms with van der Waals surface area (Å²) in [4.78, 5) is 0. The average Bonchev–Trinajstić information content (AvgIpc) is 1.97. The molecule has 0 saturated carbocycles. The van der Waals surface area contributed by atoms with Crippen LogP contribution in [0.2, 0.25) is 0 Å². The van der Waals surface area contributed by atoms with Crippen molar-refractivity contribution in [3.8, 4) is 0 Å². The standard InChI is InChI=1S/C7H15O3/c1-3-4-5-9-7-10-6-8-2/h5H,3-4,6-7H2,1-2H3. The predicted octanol–water partition coefficient (Wildman–Crippen LogP) is 1.54. The first-order valence-electron chi connectivity index (χ1n) is 3.41. The van der Waals surface area contributed by atoms with Crippen molar-refractivity contribution in [2.75, 3.05) is 20.7 Å². The maximum Gasteiger partial charge on any atom is 0.150 e. The fourth-order valence-corrected chi connectivity index (χ4v) is 0.415. The fraction of sp³-hybridized carbons (Fsp3) is 0.857. The van der Waals surface area contributed by atoms with E-state index >= 15 is 0 Å². The number of rotatable bonds is 7. The third-order valence-corrected chi connectivity index (χ3v) is 0.877. The summed E-state index contributed by atoms with van der Waals surface area (Å²) >= 11 is 0. The van der Waals surface area contributed by atoms with Gasteiger partial charge in [-0.1, -0.05) is 13.3 Å². The molecule has 10 heavy (non-hydrogen) atoms. The van der Waals surface area contributed by atoms with E-state index < -0.39 is 0 Å². The van der Waals surface area contributed by atoms with Crippen LogP contribution >= 0.6 is 0 Å². The van der Waals surface area contributed by atoms with E-state index in [1.807, 2.05) is 0 Å². The summed E-state index contributed by atoms with van der Waals surface area (Å²) in [5.41, 5.74) is 0. The van der Waals surface area contributed by atoms with E-state index in [-0.39, 0.29) is 6.79 Å². The van der Waals surface area contributed by atoms with Gasteiger partial charge in [0.2, 0.25) is 0 Å². The van der Waals surface area contributed by atoms with Crippen molar-refractivity contribution in [1.82, 2.24) is 0 Å². The SMILES string of the molecule is CCC[CH]OCOCOC. The molecule has 0 aromatic carbocycles. The summed E-state index contributed by atoms with van der Waals surface area (Å²) < 4.78 is 14.4. The zero-order valence-corrected chi connectivity index (χ0v) is 6.63. The van der Waals surface area contributed by atoms with E-state index in [1.54, 1.807) is 13.7 Å². The summed E-state index contributed by atoms with van der Waals surface area (Å²) in [6.45, 7) is 4.42. The molecule has 0 aliphatic rings. The second-order valence-corrected chi connectivity index (χ2v) is 1.85. The lowest BCUT2D eigenvalue weighted by molar-refractivity contribution is -0.107. The van der Waals surface area contributed by atoms with Gasteiger partial charge in [0.1, 0.15) is 13.6 Å². The molecule has 3 nitrogen and oxygen atoms in total. The first-order valence-corrected chi connectivity index (χ1v) is 3.41. The maximum atomic E-state index is 4.95. The molecule has 0 aromatic heterocycles. The Hall–Kier alpha value is -0.120. The molecule has 0 fully saturated rings. The third kappa shape index (κ3) is 7.88. The Balaban J connectivity index is 2.65. The van der Waals surface area contributed by atoms with Crippen LogP contribution in [-0.4, -0.2) is 20.7 Å². The minimum Gasteiger partial charge on any atom is -0.359 e. The van der Waals surface area contributed by atoms with Gasteiger partial charge in [0, 0.05) is 7.11 Å². The topological polar surface area (TPSA) is 27.7 Å². The van der Waals surface area contributed by atoms with Gasteiger partial charge >= 0.3 is 0 Å². The molecular weight excluding hydrogens is 132 g/mol. The van der Waals surface area contributed by atoms with Gasteiger partial charge in [-0.25, -0.2) is 0 Å². The monoisotopic (exact) mass is 147 g/mol. The van der Waals surface area contributed by atoms with E-state index in [4.69, 9.17) is 9.47 Å².